The number of H-pyrrole nitrogens is 2. The number of aromatic amines is 2. The first-order valence-electron chi connectivity index (χ1n) is 7.13. The van der Waals surface area contributed by atoms with Gasteiger partial charge in [0.2, 0.25) is 11.8 Å². The molecule has 1 aliphatic rings. The lowest BCUT2D eigenvalue weighted by Gasteiger charge is -2.25. The van der Waals surface area contributed by atoms with Crippen LogP contribution >= 0.6 is 0 Å². The zero-order valence-electron chi connectivity index (χ0n) is 13.1. The Morgan fingerprint density at radius 2 is 1.88 bits per heavy atom. The van der Waals surface area contributed by atoms with E-state index in [1.807, 2.05) is 49.3 Å². The Bertz CT molecular complexity index is 976. The minimum absolute atomic E-state index is 0.0399. The van der Waals surface area contributed by atoms with Gasteiger partial charge in [-0.05, 0) is 17.7 Å². The molecule has 1 aliphatic heterocycles. The summed E-state index contributed by atoms with van der Waals surface area (Å²) in [4.78, 5) is 30.2. The van der Waals surface area contributed by atoms with E-state index in [-0.39, 0.29) is 22.9 Å². The Morgan fingerprint density at radius 3 is 2.46 bits per heavy atom. The van der Waals surface area contributed by atoms with E-state index in [1.165, 1.54) is 0 Å². The standard InChI is InChI=1S/C16H15N5O3/c1-21(2)9-5-3-8(4-6-9)11-10(7-17)13(18)24-15-12(11)14(22)19-16(23)20-15/h3-6,11H,18H2,1-2H3,(H2,19,20,22,23)/t11-/m0/s1. The number of aromatic nitrogens is 2. The fraction of sp³-hybridized carbons (Fsp3) is 0.188. The van der Waals surface area contributed by atoms with Crippen molar-refractivity contribution in [3.8, 4) is 11.9 Å². The lowest BCUT2D eigenvalue weighted by molar-refractivity contribution is 0.373. The van der Waals surface area contributed by atoms with E-state index < -0.39 is 17.2 Å². The first-order valence-corrected chi connectivity index (χ1v) is 7.13. The molecule has 0 fully saturated rings. The van der Waals surface area contributed by atoms with Crippen LogP contribution in [0.1, 0.15) is 17.0 Å². The second-order valence-electron chi connectivity index (χ2n) is 5.56. The second-order valence-corrected chi connectivity index (χ2v) is 5.56. The lowest BCUT2D eigenvalue weighted by atomic mass is 9.85. The third kappa shape index (κ3) is 2.42. The van der Waals surface area contributed by atoms with Crippen molar-refractivity contribution in [2.24, 2.45) is 5.73 Å². The van der Waals surface area contributed by atoms with Gasteiger partial charge in [0.25, 0.3) is 5.56 Å². The van der Waals surface area contributed by atoms with Crippen LogP contribution in [0, 0.1) is 11.3 Å². The number of nitriles is 1. The highest BCUT2D eigenvalue weighted by Gasteiger charge is 2.34. The van der Waals surface area contributed by atoms with Crippen molar-refractivity contribution >= 4 is 5.69 Å². The summed E-state index contributed by atoms with van der Waals surface area (Å²) in [6.07, 6.45) is 0. The number of hydrogen-bond acceptors (Lipinski definition) is 6. The van der Waals surface area contributed by atoms with Gasteiger partial charge in [0.1, 0.15) is 11.6 Å². The average Bonchev–Trinajstić information content (AvgIpc) is 2.53. The average molecular weight is 325 g/mol. The molecule has 24 heavy (non-hydrogen) atoms. The van der Waals surface area contributed by atoms with Gasteiger partial charge in [-0.25, -0.2) is 4.79 Å². The SMILES string of the molecule is CN(C)c1ccc([C@H]2C(C#N)=C(N)Oc3[nH]c(=O)[nH]c(=O)c32)cc1. The minimum atomic E-state index is -0.712. The van der Waals surface area contributed by atoms with E-state index in [9.17, 15) is 14.9 Å². The molecule has 2 heterocycles. The van der Waals surface area contributed by atoms with Gasteiger partial charge in [0, 0.05) is 19.8 Å². The second kappa shape index (κ2) is 5.62. The zero-order valence-corrected chi connectivity index (χ0v) is 13.1. The molecule has 4 N–H and O–H groups in total. The van der Waals surface area contributed by atoms with Crippen LogP contribution in [0.3, 0.4) is 0 Å². The third-order valence-electron chi connectivity index (χ3n) is 3.86. The Morgan fingerprint density at radius 1 is 1.21 bits per heavy atom. The summed E-state index contributed by atoms with van der Waals surface area (Å²) < 4.78 is 5.26. The lowest BCUT2D eigenvalue weighted by Crippen LogP contribution is -2.33. The molecule has 0 unspecified atom stereocenters. The van der Waals surface area contributed by atoms with Gasteiger partial charge in [0.05, 0.1) is 11.5 Å². The van der Waals surface area contributed by atoms with E-state index in [0.717, 1.165) is 5.69 Å². The van der Waals surface area contributed by atoms with Gasteiger partial charge in [0.15, 0.2) is 0 Å². The summed E-state index contributed by atoms with van der Waals surface area (Å²) in [6, 6.07) is 9.36. The predicted octanol–water partition coefficient (Wildman–Crippen LogP) is 0.347. The van der Waals surface area contributed by atoms with Gasteiger partial charge in [-0.3, -0.25) is 14.8 Å². The van der Waals surface area contributed by atoms with Gasteiger partial charge in [-0.2, -0.15) is 5.26 Å². The summed E-state index contributed by atoms with van der Waals surface area (Å²) in [6.45, 7) is 0. The van der Waals surface area contributed by atoms with Crippen LogP contribution in [0.15, 0.2) is 45.3 Å². The minimum Gasteiger partial charge on any atom is -0.424 e. The molecule has 0 aliphatic carbocycles. The largest absolute Gasteiger partial charge is 0.424 e. The molecule has 1 aromatic carbocycles. The summed E-state index contributed by atoms with van der Waals surface area (Å²) >= 11 is 0. The molecule has 3 rings (SSSR count). The molecular formula is C16H15N5O3. The van der Waals surface area contributed by atoms with Crippen LogP contribution < -0.4 is 26.6 Å². The van der Waals surface area contributed by atoms with Crippen LogP contribution in [-0.4, -0.2) is 24.1 Å². The van der Waals surface area contributed by atoms with Crippen molar-refractivity contribution in [1.82, 2.24) is 9.97 Å². The van der Waals surface area contributed by atoms with Crippen LogP contribution in [0.25, 0.3) is 0 Å². The number of nitrogens with one attached hydrogen (secondary N) is 2. The summed E-state index contributed by atoms with van der Waals surface area (Å²) in [5, 5.41) is 9.45. The zero-order chi connectivity index (χ0) is 17.4. The Hall–Kier alpha value is -3.47. The number of rotatable bonds is 2. The fourth-order valence-corrected chi connectivity index (χ4v) is 2.69. The maximum Gasteiger partial charge on any atom is 0.328 e. The number of benzene rings is 1. The van der Waals surface area contributed by atoms with Gasteiger partial charge < -0.3 is 15.4 Å². The Labute approximate surface area is 136 Å². The summed E-state index contributed by atoms with van der Waals surface area (Å²) in [5.41, 5.74) is 6.43. The fourth-order valence-electron chi connectivity index (χ4n) is 2.69. The molecule has 0 saturated heterocycles. The summed E-state index contributed by atoms with van der Waals surface area (Å²) in [5.74, 6) is -0.884. The molecular weight excluding hydrogens is 310 g/mol. The van der Waals surface area contributed by atoms with Crippen molar-refractivity contribution < 1.29 is 4.74 Å². The van der Waals surface area contributed by atoms with Gasteiger partial charge in [-0.15, -0.1) is 0 Å². The van der Waals surface area contributed by atoms with Crippen LogP contribution in [0.4, 0.5) is 5.69 Å². The predicted molar refractivity (Wildman–Crippen MR) is 87.7 cm³/mol. The van der Waals surface area contributed by atoms with E-state index in [4.69, 9.17) is 10.5 Å². The molecule has 0 radical (unpaired) electrons. The van der Waals surface area contributed by atoms with Crippen molar-refractivity contribution in [3.63, 3.8) is 0 Å². The highest BCUT2D eigenvalue weighted by molar-refractivity contribution is 5.55. The van der Waals surface area contributed by atoms with Crippen molar-refractivity contribution in [1.29, 1.82) is 5.26 Å². The first kappa shape index (κ1) is 15.4. The molecule has 1 aromatic heterocycles. The Kier molecular flexibility index (Phi) is 3.62. The van der Waals surface area contributed by atoms with Gasteiger partial charge >= 0.3 is 5.69 Å². The third-order valence-corrected chi connectivity index (χ3v) is 3.86. The van der Waals surface area contributed by atoms with E-state index in [2.05, 4.69) is 9.97 Å². The van der Waals surface area contributed by atoms with Crippen molar-refractivity contribution in [3.05, 3.63) is 67.7 Å². The quantitative estimate of drug-likeness (QED) is 0.731. The highest BCUT2D eigenvalue weighted by atomic mass is 16.5. The van der Waals surface area contributed by atoms with Crippen molar-refractivity contribution in [2.75, 3.05) is 19.0 Å². The number of allylic oxidation sites excluding steroid dienone is 1. The number of hydrogen-bond donors (Lipinski definition) is 3. The molecule has 8 nitrogen and oxygen atoms in total. The molecule has 0 bridgehead atoms. The Balaban J connectivity index is 2.24. The number of anilines is 1. The van der Waals surface area contributed by atoms with Crippen LogP contribution in [0.5, 0.6) is 5.88 Å². The first-order chi connectivity index (χ1) is 11.4. The van der Waals surface area contributed by atoms with E-state index in [1.54, 1.807) is 0 Å². The maximum absolute atomic E-state index is 12.3. The maximum atomic E-state index is 12.3. The summed E-state index contributed by atoms with van der Waals surface area (Å²) in [7, 11) is 3.82. The van der Waals surface area contributed by atoms with Crippen molar-refractivity contribution in [2.45, 2.75) is 5.92 Å². The van der Waals surface area contributed by atoms with Crippen LogP contribution in [-0.2, 0) is 0 Å². The normalized spacial score (nSPS) is 16.1. The molecule has 0 amide bonds. The highest BCUT2D eigenvalue weighted by Crippen LogP contribution is 2.38. The number of nitrogens with two attached hydrogens (primary N) is 1. The van der Waals surface area contributed by atoms with E-state index in [0.29, 0.717) is 5.56 Å². The number of nitrogens with zero attached hydrogens (tertiary/aromatic N) is 2. The number of ether oxygens (including phenoxy) is 1. The van der Waals surface area contributed by atoms with Crippen LogP contribution in [0.2, 0.25) is 0 Å². The molecule has 0 spiro atoms. The molecule has 8 heteroatoms. The number of fused-ring (bicyclic) bond motifs is 1. The molecule has 2 aromatic rings. The topological polar surface area (TPSA) is 128 Å². The monoisotopic (exact) mass is 325 g/mol. The van der Waals surface area contributed by atoms with E-state index >= 15 is 0 Å². The molecule has 1 atom stereocenters. The smallest absolute Gasteiger partial charge is 0.328 e. The molecule has 122 valence electrons. The van der Waals surface area contributed by atoms with Gasteiger partial charge in [-0.1, -0.05) is 12.1 Å². The molecule has 0 saturated carbocycles.